The molecule has 0 aromatic carbocycles. The molecule has 1 atom stereocenters. The highest BCUT2D eigenvalue weighted by molar-refractivity contribution is 14.0. The van der Waals surface area contributed by atoms with Gasteiger partial charge >= 0.3 is 0 Å². The van der Waals surface area contributed by atoms with Gasteiger partial charge in [0.15, 0.2) is 5.96 Å². The van der Waals surface area contributed by atoms with Crippen LogP contribution in [0.15, 0.2) is 4.99 Å². The molecule has 0 aliphatic carbocycles. The minimum atomic E-state index is -3.30. The number of nitrogens with one attached hydrogen (secondary N) is 1. The number of hydrogen-bond donors (Lipinski definition) is 1. The molecule has 174 valence electrons. The van der Waals surface area contributed by atoms with Crippen LogP contribution < -0.4 is 5.32 Å². The second kappa shape index (κ2) is 13.4. The third kappa shape index (κ3) is 10.7. The van der Waals surface area contributed by atoms with Crippen molar-refractivity contribution in [3.05, 3.63) is 0 Å². The molecular weight excluding hydrogens is 527 g/mol. The topological polar surface area (TPSA) is 91.3 Å². The van der Waals surface area contributed by atoms with Crippen LogP contribution in [0.4, 0.5) is 0 Å². The maximum atomic E-state index is 12.5. The first-order valence-corrected chi connectivity index (χ1v) is 12.9. The van der Waals surface area contributed by atoms with E-state index in [0.717, 1.165) is 12.5 Å². The summed E-state index contributed by atoms with van der Waals surface area (Å²) in [4.78, 5) is 6.67. The maximum absolute atomic E-state index is 12.5. The van der Waals surface area contributed by atoms with Crippen LogP contribution in [-0.2, 0) is 25.6 Å². The molecule has 1 aliphatic rings. The van der Waals surface area contributed by atoms with Crippen LogP contribution in [-0.4, -0.2) is 96.0 Å². The Morgan fingerprint density at radius 1 is 1.21 bits per heavy atom. The maximum Gasteiger partial charge on any atom is 0.216 e. The number of ether oxygens (including phenoxy) is 1. The first-order valence-electron chi connectivity index (χ1n) is 9.98. The number of aliphatic imine (C=N–C) groups is 1. The third-order valence-corrected chi connectivity index (χ3v) is 8.03. The van der Waals surface area contributed by atoms with Crippen molar-refractivity contribution in [2.75, 3.05) is 57.4 Å². The molecule has 0 saturated carbocycles. The largest absolute Gasteiger partial charge is 0.378 e. The van der Waals surface area contributed by atoms with Crippen molar-refractivity contribution in [3.63, 3.8) is 0 Å². The molecule has 0 aromatic rings. The van der Waals surface area contributed by atoms with Crippen LogP contribution in [0.3, 0.4) is 0 Å². The molecule has 8 nitrogen and oxygen atoms in total. The lowest BCUT2D eigenvalue weighted by Crippen LogP contribution is -2.54. The van der Waals surface area contributed by atoms with Crippen molar-refractivity contribution in [2.45, 2.75) is 52.4 Å². The zero-order chi connectivity index (χ0) is 21.4. The molecule has 0 amide bonds. The van der Waals surface area contributed by atoms with Gasteiger partial charge in [0.1, 0.15) is 0 Å². The van der Waals surface area contributed by atoms with E-state index >= 15 is 0 Å². The van der Waals surface area contributed by atoms with Gasteiger partial charge in [-0.25, -0.2) is 8.42 Å². The lowest BCUT2D eigenvalue weighted by Gasteiger charge is -2.36. The molecule has 1 aliphatic heterocycles. The van der Waals surface area contributed by atoms with Crippen LogP contribution in [0.5, 0.6) is 0 Å². The summed E-state index contributed by atoms with van der Waals surface area (Å²) in [6, 6.07) is 0. The average molecular weight is 567 g/mol. The summed E-state index contributed by atoms with van der Waals surface area (Å²) >= 11 is 0. The van der Waals surface area contributed by atoms with Crippen LogP contribution in [0, 0.1) is 0 Å². The SMILES string of the molecule is CCNC(=NCCS(=O)C(C)(C)C)N1CCN(S(=O)(=O)CCOC(C)C)CC1.I. The van der Waals surface area contributed by atoms with Gasteiger partial charge in [0.05, 0.1) is 25.0 Å². The fraction of sp³-hybridized carbons (Fsp3) is 0.944. The highest BCUT2D eigenvalue weighted by atomic mass is 127. The van der Waals surface area contributed by atoms with Crippen molar-refractivity contribution in [1.29, 1.82) is 0 Å². The third-order valence-electron chi connectivity index (χ3n) is 4.28. The Kier molecular flexibility index (Phi) is 13.4. The van der Waals surface area contributed by atoms with E-state index in [2.05, 4.69) is 15.2 Å². The Bertz CT molecular complexity index is 628. The zero-order valence-corrected chi connectivity index (χ0v) is 22.6. The van der Waals surface area contributed by atoms with Gasteiger partial charge in [-0.1, -0.05) is 0 Å². The van der Waals surface area contributed by atoms with Gasteiger partial charge in [0.25, 0.3) is 0 Å². The zero-order valence-electron chi connectivity index (χ0n) is 18.6. The van der Waals surface area contributed by atoms with Crippen LogP contribution in [0.1, 0.15) is 41.5 Å². The molecule has 1 fully saturated rings. The van der Waals surface area contributed by atoms with E-state index in [0.29, 0.717) is 38.5 Å². The predicted octanol–water partition coefficient (Wildman–Crippen LogP) is 1.49. The first-order chi connectivity index (χ1) is 13.0. The Hall–Kier alpha value is 0.0200. The molecule has 0 spiro atoms. The number of piperazine rings is 1. The number of hydrogen-bond acceptors (Lipinski definition) is 5. The molecule has 0 bridgehead atoms. The van der Waals surface area contributed by atoms with Crippen molar-refractivity contribution in [2.24, 2.45) is 4.99 Å². The number of sulfonamides is 1. The summed E-state index contributed by atoms with van der Waals surface area (Å²) in [6.45, 7) is 15.1. The number of nitrogens with zero attached hydrogens (tertiary/aromatic N) is 3. The monoisotopic (exact) mass is 566 g/mol. The van der Waals surface area contributed by atoms with Gasteiger partial charge < -0.3 is 15.0 Å². The van der Waals surface area contributed by atoms with Gasteiger partial charge in [0, 0.05) is 54.0 Å². The Morgan fingerprint density at radius 3 is 2.28 bits per heavy atom. The van der Waals surface area contributed by atoms with Gasteiger partial charge in [-0.3, -0.25) is 9.20 Å². The lowest BCUT2D eigenvalue weighted by molar-refractivity contribution is 0.0904. The van der Waals surface area contributed by atoms with E-state index in [1.54, 1.807) is 0 Å². The normalized spacial score (nSPS) is 17.9. The van der Waals surface area contributed by atoms with Crippen LogP contribution in [0.25, 0.3) is 0 Å². The van der Waals surface area contributed by atoms with Crippen molar-refractivity contribution in [1.82, 2.24) is 14.5 Å². The van der Waals surface area contributed by atoms with E-state index in [-0.39, 0.29) is 47.2 Å². The molecule has 0 radical (unpaired) electrons. The van der Waals surface area contributed by atoms with Gasteiger partial charge in [-0.05, 0) is 41.5 Å². The minimum Gasteiger partial charge on any atom is -0.378 e. The average Bonchev–Trinajstić information content (AvgIpc) is 2.59. The molecule has 0 aromatic heterocycles. The van der Waals surface area contributed by atoms with Gasteiger partial charge in [0.2, 0.25) is 10.0 Å². The van der Waals surface area contributed by atoms with E-state index in [1.807, 2.05) is 41.5 Å². The summed E-state index contributed by atoms with van der Waals surface area (Å²) in [6.07, 6.45) is 0.0264. The Morgan fingerprint density at radius 2 is 1.79 bits per heavy atom. The quantitative estimate of drug-likeness (QED) is 0.259. The summed E-state index contributed by atoms with van der Waals surface area (Å²) in [5.74, 6) is 1.29. The summed E-state index contributed by atoms with van der Waals surface area (Å²) in [5, 5.41) is 3.25. The number of halogens is 1. The number of rotatable bonds is 9. The van der Waals surface area contributed by atoms with Gasteiger partial charge in [-0.15, -0.1) is 24.0 Å². The first kappa shape index (κ1) is 29.0. The second-order valence-electron chi connectivity index (χ2n) is 8.02. The lowest BCUT2D eigenvalue weighted by atomic mass is 10.3. The molecule has 1 heterocycles. The van der Waals surface area contributed by atoms with Crippen molar-refractivity contribution in [3.8, 4) is 0 Å². The fourth-order valence-electron chi connectivity index (χ4n) is 2.66. The van der Waals surface area contributed by atoms with E-state index in [4.69, 9.17) is 4.74 Å². The molecule has 11 heteroatoms. The van der Waals surface area contributed by atoms with Crippen LogP contribution >= 0.6 is 24.0 Å². The summed E-state index contributed by atoms with van der Waals surface area (Å²) < 4.78 is 43.8. The molecule has 1 saturated heterocycles. The minimum absolute atomic E-state index is 0. The summed E-state index contributed by atoms with van der Waals surface area (Å²) in [7, 11) is -4.24. The molecule has 1 unspecified atom stereocenters. The second-order valence-corrected chi connectivity index (χ2v) is 12.4. The van der Waals surface area contributed by atoms with E-state index in [9.17, 15) is 12.6 Å². The van der Waals surface area contributed by atoms with E-state index < -0.39 is 20.8 Å². The highest BCUT2D eigenvalue weighted by Crippen LogP contribution is 2.12. The standard InChI is InChI=1S/C18H38N4O4S2.HI/c1-7-19-17(20-8-14-27(23)18(4,5)6)21-9-11-22(12-10-21)28(24,25)15-13-26-16(2)3;/h16H,7-15H2,1-6H3,(H,19,20);1H. The number of guanidine groups is 1. The molecule has 1 N–H and O–H groups in total. The molecule has 29 heavy (non-hydrogen) atoms. The van der Waals surface area contributed by atoms with Crippen molar-refractivity contribution >= 4 is 50.8 Å². The molecular formula is C18H39IN4O4S2. The predicted molar refractivity (Wildman–Crippen MR) is 132 cm³/mol. The van der Waals surface area contributed by atoms with E-state index in [1.165, 1.54) is 4.31 Å². The molecule has 1 rings (SSSR count). The Labute approximate surface area is 196 Å². The Balaban J connectivity index is 0.00000784. The van der Waals surface area contributed by atoms with Crippen LogP contribution in [0.2, 0.25) is 0 Å². The van der Waals surface area contributed by atoms with Gasteiger partial charge in [-0.2, -0.15) is 4.31 Å². The highest BCUT2D eigenvalue weighted by Gasteiger charge is 2.28. The fourth-order valence-corrected chi connectivity index (χ4v) is 4.82. The smallest absolute Gasteiger partial charge is 0.216 e. The summed E-state index contributed by atoms with van der Waals surface area (Å²) in [5.41, 5.74) is 0. The van der Waals surface area contributed by atoms with Crippen molar-refractivity contribution < 1.29 is 17.4 Å².